The molecule has 0 aliphatic heterocycles. The Hall–Kier alpha value is -0.730. The first-order chi connectivity index (χ1) is 5.74. The Labute approximate surface area is 74.1 Å². The Morgan fingerprint density at radius 3 is 2.67 bits per heavy atom. The highest BCUT2D eigenvalue weighted by Crippen LogP contribution is 2.29. The van der Waals surface area contributed by atoms with Crippen molar-refractivity contribution < 1.29 is 4.79 Å². The number of rotatable bonds is 3. The lowest BCUT2D eigenvalue weighted by atomic mass is 9.83. The topological polar surface area (TPSA) is 32.3 Å². The van der Waals surface area contributed by atoms with E-state index in [9.17, 15) is 4.79 Å². The molecule has 1 rings (SSSR count). The van der Waals surface area contributed by atoms with Crippen LogP contribution < -0.4 is 5.32 Å². The van der Waals surface area contributed by atoms with E-state index in [4.69, 9.17) is 0 Å². The van der Waals surface area contributed by atoms with Crippen molar-refractivity contribution in [2.75, 3.05) is 20.6 Å². The standard InChI is InChI=1S/C9H18N2O/c1-10-9(12)11(2)7-6-8-4-3-5-8/h8H,3-7H2,1-2H3,(H,10,12). The van der Waals surface area contributed by atoms with Crippen LogP contribution in [0.4, 0.5) is 4.79 Å². The molecule has 0 saturated heterocycles. The molecule has 0 spiro atoms. The lowest BCUT2D eigenvalue weighted by Gasteiger charge is -2.27. The van der Waals surface area contributed by atoms with Crippen LogP contribution in [-0.4, -0.2) is 31.6 Å². The highest BCUT2D eigenvalue weighted by atomic mass is 16.2. The second kappa shape index (κ2) is 4.33. The van der Waals surface area contributed by atoms with Gasteiger partial charge in [-0.05, 0) is 12.3 Å². The van der Waals surface area contributed by atoms with Gasteiger partial charge in [-0.2, -0.15) is 0 Å². The summed E-state index contributed by atoms with van der Waals surface area (Å²) in [7, 11) is 3.51. The van der Waals surface area contributed by atoms with E-state index in [0.29, 0.717) is 0 Å². The van der Waals surface area contributed by atoms with Gasteiger partial charge in [-0.15, -0.1) is 0 Å². The van der Waals surface area contributed by atoms with Crippen molar-refractivity contribution in [3.05, 3.63) is 0 Å². The minimum absolute atomic E-state index is 0.0225. The molecular formula is C9H18N2O. The van der Waals surface area contributed by atoms with Crippen LogP contribution in [0.5, 0.6) is 0 Å². The zero-order valence-electron chi connectivity index (χ0n) is 7.97. The number of hydrogen-bond acceptors (Lipinski definition) is 1. The van der Waals surface area contributed by atoms with Crippen molar-refractivity contribution >= 4 is 6.03 Å². The molecule has 0 aromatic heterocycles. The lowest BCUT2D eigenvalue weighted by molar-refractivity contribution is 0.199. The Balaban J connectivity index is 2.08. The summed E-state index contributed by atoms with van der Waals surface area (Å²) in [6.07, 6.45) is 5.28. The zero-order valence-corrected chi connectivity index (χ0v) is 7.97. The summed E-state index contributed by atoms with van der Waals surface area (Å²) >= 11 is 0. The molecular weight excluding hydrogens is 152 g/mol. The second-order valence-electron chi connectivity index (χ2n) is 3.56. The molecule has 0 atom stereocenters. The van der Waals surface area contributed by atoms with Crippen molar-refractivity contribution in [1.29, 1.82) is 0 Å². The van der Waals surface area contributed by atoms with Gasteiger partial charge in [0, 0.05) is 20.6 Å². The molecule has 0 bridgehead atoms. The van der Waals surface area contributed by atoms with Crippen molar-refractivity contribution in [3.63, 3.8) is 0 Å². The van der Waals surface area contributed by atoms with Gasteiger partial charge >= 0.3 is 6.03 Å². The minimum Gasteiger partial charge on any atom is -0.341 e. The normalized spacial score (nSPS) is 16.8. The van der Waals surface area contributed by atoms with Crippen LogP contribution in [0, 0.1) is 5.92 Å². The van der Waals surface area contributed by atoms with E-state index in [1.807, 2.05) is 7.05 Å². The Kier molecular flexibility index (Phi) is 3.38. The molecule has 0 aromatic rings. The van der Waals surface area contributed by atoms with Gasteiger partial charge < -0.3 is 10.2 Å². The molecule has 1 aliphatic rings. The van der Waals surface area contributed by atoms with E-state index in [0.717, 1.165) is 12.5 Å². The minimum atomic E-state index is 0.0225. The quantitative estimate of drug-likeness (QED) is 0.683. The van der Waals surface area contributed by atoms with Gasteiger partial charge in [0.05, 0.1) is 0 Å². The van der Waals surface area contributed by atoms with Crippen LogP contribution in [0.2, 0.25) is 0 Å². The van der Waals surface area contributed by atoms with Gasteiger partial charge in [0.2, 0.25) is 0 Å². The largest absolute Gasteiger partial charge is 0.341 e. The molecule has 1 N–H and O–H groups in total. The third-order valence-electron chi connectivity index (χ3n) is 2.66. The molecule has 2 amide bonds. The molecule has 70 valence electrons. The molecule has 1 fully saturated rings. The predicted molar refractivity (Wildman–Crippen MR) is 49.0 cm³/mol. The van der Waals surface area contributed by atoms with Crippen LogP contribution in [0.25, 0.3) is 0 Å². The molecule has 0 unspecified atom stereocenters. The first-order valence-electron chi connectivity index (χ1n) is 4.67. The Bertz CT molecular complexity index is 155. The molecule has 0 heterocycles. The molecule has 1 aliphatic carbocycles. The average Bonchev–Trinajstić information content (AvgIpc) is 2.00. The van der Waals surface area contributed by atoms with E-state index in [2.05, 4.69) is 5.32 Å². The number of nitrogens with zero attached hydrogens (tertiary/aromatic N) is 1. The fourth-order valence-corrected chi connectivity index (χ4v) is 1.45. The van der Waals surface area contributed by atoms with Gasteiger partial charge in [0.1, 0.15) is 0 Å². The molecule has 0 radical (unpaired) electrons. The van der Waals surface area contributed by atoms with E-state index < -0.39 is 0 Å². The second-order valence-corrected chi connectivity index (χ2v) is 3.56. The average molecular weight is 170 g/mol. The Morgan fingerprint density at radius 1 is 1.58 bits per heavy atom. The number of amides is 2. The maximum absolute atomic E-state index is 11.0. The number of carbonyl (C=O) groups is 1. The first kappa shape index (κ1) is 9.36. The van der Waals surface area contributed by atoms with E-state index in [-0.39, 0.29) is 6.03 Å². The summed E-state index contributed by atoms with van der Waals surface area (Å²) in [5, 5.41) is 2.61. The van der Waals surface area contributed by atoms with Gasteiger partial charge in [-0.3, -0.25) is 0 Å². The summed E-state index contributed by atoms with van der Waals surface area (Å²) in [4.78, 5) is 12.8. The SMILES string of the molecule is CNC(=O)N(C)CCC1CCC1. The van der Waals surface area contributed by atoms with Crippen LogP contribution >= 0.6 is 0 Å². The Morgan fingerprint density at radius 2 is 2.25 bits per heavy atom. The number of urea groups is 1. The molecule has 0 aromatic carbocycles. The number of hydrogen-bond donors (Lipinski definition) is 1. The highest BCUT2D eigenvalue weighted by molar-refractivity contribution is 5.73. The van der Waals surface area contributed by atoms with Crippen molar-refractivity contribution in [1.82, 2.24) is 10.2 Å². The van der Waals surface area contributed by atoms with Crippen molar-refractivity contribution in [2.24, 2.45) is 5.92 Å². The number of nitrogens with one attached hydrogen (secondary N) is 1. The monoisotopic (exact) mass is 170 g/mol. The maximum atomic E-state index is 11.0. The van der Waals surface area contributed by atoms with E-state index >= 15 is 0 Å². The molecule has 12 heavy (non-hydrogen) atoms. The lowest BCUT2D eigenvalue weighted by Crippen LogP contribution is -2.36. The van der Waals surface area contributed by atoms with Crippen LogP contribution in [-0.2, 0) is 0 Å². The molecule has 3 heteroatoms. The molecule has 1 saturated carbocycles. The van der Waals surface area contributed by atoms with Crippen LogP contribution in [0.1, 0.15) is 25.7 Å². The summed E-state index contributed by atoms with van der Waals surface area (Å²) in [6.45, 7) is 0.893. The highest BCUT2D eigenvalue weighted by Gasteiger charge is 2.18. The van der Waals surface area contributed by atoms with E-state index in [1.165, 1.54) is 25.7 Å². The van der Waals surface area contributed by atoms with Crippen molar-refractivity contribution in [3.8, 4) is 0 Å². The zero-order chi connectivity index (χ0) is 8.97. The van der Waals surface area contributed by atoms with Crippen molar-refractivity contribution in [2.45, 2.75) is 25.7 Å². The van der Waals surface area contributed by atoms with Gasteiger partial charge in [0.15, 0.2) is 0 Å². The van der Waals surface area contributed by atoms with Crippen LogP contribution in [0.15, 0.2) is 0 Å². The summed E-state index contributed by atoms with van der Waals surface area (Å²) in [5.41, 5.74) is 0. The fraction of sp³-hybridized carbons (Fsp3) is 0.889. The summed E-state index contributed by atoms with van der Waals surface area (Å²) in [6, 6.07) is 0.0225. The smallest absolute Gasteiger partial charge is 0.316 e. The maximum Gasteiger partial charge on any atom is 0.316 e. The van der Waals surface area contributed by atoms with Gasteiger partial charge in [-0.1, -0.05) is 19.3 Å². The predicted octanol–water partition coefficient (Wildman–Crippen LogP) is 1.45. The third kappa shape index (κ3) is 2.40. The summed E-state index contributed by atoms with van der Waals surface area (Å²) in [5.74, 6) is 0.886. The molecule has 3 nitrogen and oxygen atoms in total. The third-order valence-corrected chi connectivity index (χ3v) is 2.66. The first-order valence-corrected chi connectivity index (χ1v) is 4.67. The number of carbonyl (C=O) groups excluding carboxylic acids is 1. The van der Waals surface area contributed by atoms with Gasteiger partial charge in [0.25, 0.3) is 0 Å². The fourth-order valence-electron chi connectivity index (χ4n) is 1.45. The van der Waals surface area contributed by atoms with E-state index in [1.54, 1.807) is 11.9 Å². The van der Waals surface area contributed by atoms with Crippen LogP contribution in [0.3, 0.4) is 0 Å². The van der Waals surface area contributed by atoms with Gasteiger partial charge in [-0.25, -0.2) is 4.79 Å². The summed E-state index contributed by atoms with van der Waals surface area (Å²) < 4.78 is 0.